The van der Waals surface area contributed by atoms with Gasteiger partial charge < -0.3 is 14.8 Å². The lowest BCUT2D eigenvalue weighted by molar-refractivity contribution is 0.102. The van der Waals surface area contributed by atoms with E-state index in [1.165, 1.54) is 0 Å². The summed E-state index contributed by atoms with van der Waals surface area (Å²) < 4.78 is 12.0. The van der Waals surface area contributed by atoms with Crippen molar-refractivity contribution >= 4 is 11.6 Å². The zero-order chi connectivity index (χ0) is 17.8. The number of carbonyl (C=O) groups is 1. The third-order valence-corrected chi connectivity index (χ3v) is 3.78. The molecule has 0 spiro atoms. The molecule has 0 atom stereocenters. The van der Waals surface area contributed by atoms with Crippen molar-refractivity contribution in [3.05, 3.63) is 66.0 Å². The van der Waals surface area contributed by atoms with E-state index in [4.69, 9.17) is 9.47 Å². The summed E-state index contributed by atoms with van der Waals surface area (Å²) in [6.45, 7) is 1.90. The minimum absolute atomic E-state index is 0.263. The van der Waals surface area contributed by atoms with Gasteiger partial charge >= 0.3 is 0 Å². The summed E-state index contributed by atoms with van der Waals surface area (Å²) in [6, 6.07) is 16.4. The molecule has 1 amide bonds. The van der Waals surface area contributed by atoms with Crippen LogP contribution in [-0.4, -0.2) is 29.9 Å². The molecule has 0 bridgehead atoms. The summed E-state index contributed by atoms with van der Waals surface area (Å²) in [4.78, 5) is 12.4. The molecule has 0 saturated carbocycles. The number of benzene rings is 2. The molecule has 0 aliphatic heterocycles. The number of hydrogen-bond acceptors (Lipinski definition) is 4. The molecule has 0 radical (unpaired) electrons. The Labute approximate surface area is 146 Å². The first-order valence-corrected chi connectivity index (χ1v) is 7.77. The summed E-state index contributed by atoms with van der Waals surface area (Å²) >= 11 is 0. The maximum absolute atomic E-state index is 12.4. The van der Waals surface area contributed by atoms with Crippen molar-refractivity contribution in [1.29, 1.82) is 0 Å². The van der Waals surface area contributed by atoms with Crippen LogP contribution in [0.4, 0.5) is 5.69 Å². The van der Waals surface area contributed by atoms with E-state index in [9.17, 15) is 4.79 Å². The largest absolute Gasteiger partial charge is 0.497 e. The number of ether oxygens (including phenoxy) is 2. The lowest BCUT2D eigenvalue weighted by Gasteiger charge is -2.06. The molecule has 6 nitrogen and oxygen atoms in total. The van der Waals surface area contributed by atoms with Crippen molar-refractivity contribution < 1.29 is 14.3 Å². The molecule has 1 N–H and O–H groups in total. The standard InChI is InChI=1S/C19H19N3O3/c1-13-12-18(19(23)20-14-4-8-16(24-2)9-5-14)21-22(13)15-6-10-17(25-3)11-7-15/h4-12H,1-3H3,(H,20,23). The smallest absolute Gasteiger partial charge is 0.276 e. The van der Waals surface area contributed by atoms with Crippen LogP contribution in [0.1, 0.15) is 16.2 Å². The van der Waals surface area contributed by atoms with Crippen LogP contribution in [0.3, 0.4) is 0 Å². The highest BCUT2D eigenvalue weighted by molar-refractivity contribution is 6.03. The third kappa shape index (κ3) is 3.63. The number of carbonyl (C=O) groups excluding carboxylic acids is 1. The van der Waals surface area contributed by atoms with Gasteiger partial charge in [-0.15, -0.1) is 0 Å². The van der Waals surface area contributed by atoms with Crippen LogP contribution in [0.2, 0.25) is 0 Å². The van der Waals surface area contributed by atoms with Gasteiger partial charge in [-0.3, -0.25) is 4.79 Å². The zero-order valence-electron chi connectivity index (χ0n) is 14.3. The number of methoxy groups -OCH3 is 2. The summed E-state index contributed by atoms with van der Waals surface area (Å²) in [5.74, 6) is 1.24. The van der Waals surface area contributed by atoms with Crippen molar-refractivity contribution in [3.8, 4) is 17.2 Å². The average Bonchev–Trinajstić information content (AvgIpc) is 3.04. The van der Waals surface area contributed by atoms with Gasteiger partial charge in [-0.1, -0.05) is 0 Å². The number of aryl methyl sites for hydroxylation is 1. The first-order chi connectivity index (χ1) is 12.1. The Bertz CT molecular complexity index is 868. The van der Waals surface area contributed by atoms with Gasteiger partial charge in [0.25, 0.3) is 5.91 Å². The monoisotopic (exact) mass is 337 g/mol. The Kier molecular flexibility index (Phi) is 4.70. The molecule has 1 heterocycles. The fourth-order valence-corrected chi connectivity index (χ4v) is 2.44. The third-order valence-electron chi connectivity index (χ3n) is 3.78. The molecular weight excluding hydrogens is 318 g/mol. The molecule has 0 aliphatic rings. The first-order valence-electron chi connectivity index (χ1n) is 7.77. The molecule has 0 saturated heterocycles. The molecular formula is C19H19N3O3. The number of nitrogens with zero attached hydrogens (tertiary/aromatic N) is 2. The molecule has 1 aromatic heterocycles. The highest BCUT2D eigenvalue weighted by Crippen LogP contribution is 2.18. The lowest BCUT2D eigenvalue weighted by Crippen LogP contribution is -2.13. The van der Waals surface area contributed by atoms with E-state index < -0.39 is 0 Å². The minimum atomic E-state index is -0.263. The van der Waals surface area contributed by atoms with Crippen LogP contribution in [0, 0.1) is 6.92 Å². The molecule has 3 aromatic rings. The van der Waals surface area contributed by atoms with Crippen molar-refractivity contribution in [2.24, 2.45) is 0 Å². The number of aromatic nitrogens is 2. The summed E-state index contributed by atoms with van der Waals surface area (Å²) in [5.41, 5.74) is 2.76. The minimum Gasteiger partial charge on any atom is -0.497 e. The van der Waals surface area contributed by atoms with E-state index in [0.29, 0.717) is 11.4 Å². The van der Waals surface area contributed by atoms with E-state index in [1.807, 2.05) is 31.2 Å². The Morgan fingerprint density at radius 2 is 1.52 bits per heavy atom. The van der Waals surface area contributed by atoms with Crippen LogP contribution in [0.25, 0.3) is 5.69 Å². The quantitative estimate of drug-likeness (QED) is 0.774. The van der Waals surface area contributed by atoms with Crippen molar-refractivity contribution in [3.63, 3.8) is 0 Å². The van der Waals surface area contributed by atoms with Crippen molar-refractivity contribution in [1.82, 2.24) is 9.78 Å². The molecule has 0 fully saturated rings. The predicted octanol–water partition coefficient (Wildman–Crippen LogP) is 3.45. The second kappa shape index (κ2) is 7.09. The molecule has 6 heteroatoms. The summed E-state index contributed by atoms with van der Waals surface area (Å²) in [6.07, 6.45) is 0. The highest BCUT2D eigenvalue weighted by atomic mass is 16.5. The summed E-state index contributed by atoms with van der Waals surface area (Å²) in [7, 11) is 3.22. The van der Waals surface area contributed by atoms with Crippen LogP contribution in [-0.2, 0) is 0 Å². The van der Waals surface area contributed by atoms with Gasteiger partial charge in [-0.25, -0.2) is 4.68 Å². The number of hydrogen-bond donors (Lipinski definition) is 1. The van der Waals surface area contributed by atoms with Gasteiger partial charge in [0.1, 0.15) is 11.5 Å². The van der Waals surface area contributed by atoms with Gasteiger partial charge in [-0.2, -0.15) is 5.10 Å². The first kappa shape index (κ1) is 16.6. The molecule has 3 rings (SSSR count). The van der Waals surface area contributed by atoms with E-state index in [0.717, 1.165) is 22.9 Å². The average molecular weight is 337 g/mol. The van der Waals surface area contributed by atoms with Crippen molar-refractivity contribution in [2.45, 2.75) is 6.92 Å². The number of rotatable bonds is 5. The maximum atomic E-state index is 12.4. The van der Waals surface area contributed by atoms with Gasteiger partial charge in [0.15, 0.2) is 5.69 Å². The Morgan fingerprint density at radius 1 is 0.960 bits per heavy atom. The number of nitrogens with one attached hydrogen (secondary N) is 1. The number of amides is 1. The van der Waals surface area contributed by atoms with E-state index >= 15 is 0 Å². The Balaban J connectivity index is 1.79. The van der Waals surface area contributed by atoms with Crippen LogP contribution < -0.4 is 14.8 Å². The van der Waals surface area contributed by atoms with Gasteiger partial charge in [0.05, 0.1) is 19.9 Å². The summed E-state index contributed by atoms with van der Waals surface area (Å²) in [5, 5.41) is 7.23. The predicted molar refractivity (Wildman–Crippen MR) is 95.8 cm³/mol. The van der Waals surface area contributed by atoms with Gasteiger partial charge in [-0.05, 0) is 61.5 Å². The molecule has 25 heavy (non-hydrogen) atoms. The van der Waals surface area contributed by atoms with Crippen LogP contribution in [0.5, 0.6) is 11.5 Å². The van der Waals surface area contributed by atoms with E-state index in [1.54, 1.807) is 49.2 Å². The maximum Gasteiger partial charge on any atom is 0.276 e. The van der Waals surface area contributed by atoms with Gasteiger partial charge in [0.2, 0.25) is 0 Å². The van der Waals surface area contributed by atoms with E-state index in [-0.39, 0.29) is 5.91 Å². The van der Waals surface area contributed by atoms with Crippen LogP contribution in [0.15, 0.2) is 54.6 Å². The molecule has 2 aromatic carbocycles. The highest BCUT2D eigenvalue weighted by Gasteiger charge is 2.13. The van der Waals surface area contributed by atoms with E-state index in [2.05, 4.69) is 10.4 Å². The molecule has 0 aliphatic carbocycles. The number of anilines is 1. The fraction of sp³-hybridized carbons (Fsp3) is 0.158. The lowest BCUT2D eigenvalue weighted by atomic mass is 10.3. The normalized spacial score (nSPS) is 10.4. The second-order valence-corrected chi connectivity index (χ2v) is 5.46. The van der Waals surface area contributed by atoms with Gasteiger partial charge in [0, 0.05) is 11.4 Å². The molecule has 0 unspecified atom stereocenters. The zero-order valence-corrected chi connectivity index (χ0v) is 14.3. The van der Waals surface area contributed by atoms with Crippen molar-refractivity contribution in [2.75, 3.05) is 19.5 Å². The Hall–Kier alpha value is -3.28. The SMILES string of the molecule is COc1ccc(NC(=O)c2cc(C)n(-c3ccc(OC)cc3)n2)cc1. The Morgan fingerprint density at radius 3 is 2.08 bits per heavy atom. The molecule has 128 valence electrons. The topological polar surface area (TPSA) is 65.4 Å². The second-order valence-electron chi connectivity index (χ2n) is 5.46. The van der Waals surface area contributed by atoms with Crippen LogP contribution >= 0.6 is 0 Å². The fourth-order valence-electron chi connectivity index (χ4n) is 2.44.